The van der Waals surface area contributed by atoms with Crippen molar-refractivity contribution >= 4 is 5.91 Å². The van der Waals surface area contributed by atoms with Crippen LogP contribution in [0.3, 0.4) is 0 Å². The van der Waals surface area contributed by atoms with Crippen LogP contribution >= 0.6 is 0 Å². The van der Waals surface area contributed by atoms with E-state index in [2.05, 4.69) is 10.2 Å². The van der Waals surface area contributed by atoms with Gasteiger partial charge in [0.25, 0.3) is 0 Å². The van der Waals surface area contributed by atoms with Crippen LogP contribution in [-0.4, -0.2) is 72.7 Å². The number of hydrogen-bond donors (Lipinski definition) is 2. The van der Waals surface area contributed by atoms with Gasteiger partial charge in [0.1, 0.15) is 0 Å². The lowest BCUT2D eigenvalue weighted by atomic mass is 9.94. The van der Waals surface area contributed by atoms with Crippen molar-refractivity contribution in [3.63, 3.8) is 0 Å². The molecule has 1 amide bonds. The van der Waals surface area contributed by atoms with Crippen LogP contribution in [-0.2, 0) is 4.79 Å². The molecule has 2 N–H and O–H groups in total. The molecule has 19 heavy (non-hydrogen) atoms. The summed E-state index contributed by atoms with van der Waals surface area (Å²) in [4.78, 5) is 16.8. The Bertz CT molecular complexity index is 290. The maximum atomic E-state index is 12.5. The summed E-state index contributed by atoms with van der Waals surface area (Å²) in [6.45, 7) is 7.85. The standard InChI is InChI=1S/C14H27N3O2/c1-12(16-8-5-15-6-9-16)14(19)17-7-2-3-13(11-17)4-10-18/h12-13,15,18H,2-11H2,1H3. The molecular weight excluding hydrogens is 242 g/mol. The van der Waals surface area contributed by atoms with Crippen molar-refractivity contribution < 1.29 is 9.90 Å². The summed E-state index contributed by atoms with van der Waals surface area (Å²) in [6.07, 6.45) is 3.04. The lowest BCUT2D eigenvalue weighted by Crippen LogP contribution is -2.54. The Morgan fingerprint density at radius 1 is 1.37 bits per heavy atom. The number of piperidine rings is 1. The molecule has 0 aromatic heterocycles. The number of carbonyl (C=O) groups is 1. The Balaban J connectivity index is 1.86. The van der Waals surface area contributed by atoms with E-state index in [1.807, 2.05) is 11.8 Å². The molecule has 2 saturated heterocycles. The second kappa shape index (κ2) is 7.22. The molecule has 0 saturated carbocycles. The zero-order valence-electron chi connectivity index (χ0n) is 12.0. The van der Waals surface area contributed by atoms with Gasteiger partial charge >= 0.3 is 0 Å². The van der Waals surface area contributed by atoms with Crippen LogP contribution < -0.4 is 5.32 Å². The molecular formula is C14H27N3O2. The number of aliphatic hydroxyl groups is 1. The number of nitrogens with zero attached hydrogens (tertiary/aromatic N) is 2. The molecule has 0 aromatic carbocycles. The summed E-state index contributed by atoms with van der Waals surface area (Å²) >= 11 is 0. The van der Waals surface area contributed by atoms with E-state index >= 15 is 0 Å². The largest absolute Gasteiger partial charge is 0.396 e. The van der Waals surface area contributed by atoms with E-state index in [9.17, 15) is 4.79 Å². The van der Waals surface area contributed by atoms with Gasteiger partial charge in [-0.05, 0) is 32.1 Å². The highest BCUT2D eigenvalue weighted by molar-refractivity contribution is 5.81. The van der Waals surface area contributed by atoms with Gasteiger partial charge in [0.05, 0.1) is 6.04 Å². The van der Waals surface area contributed by atoms with Crippen LogP contribution in [0.25, 0.3) is 0 Å². The molecule has 2 rings (SSSR count). The third-order valence-electron chi connectivity index (χ3n) is 4.42. The first-order chi connectivity index (χ1) is 9.22. The van der Waals surface area contributed by atoms with Gasteiger partial charge in [-0.1, -0.05) is 0 Å². The average Bonchev–Trinajstić information content (AvgIpc) is 2.47. The van der Waals surface area contributed by atoms with Crippen molar-refractivity contribution in [2.75, 3.05) is 45.9 Å². The molecule has 2 fully saturated rings. The zero-order valence-corrected chi connectivity index (χ0v) is 12.0. The smallest absolute Gasteiger partial charge is 0.239 e. The molecule has 0 bridgehead atoms. The minimum absolute atomic E-state index is 0.00465. The molecule has 5 nitrogen and oxygen atoms in total. The van der Waals surface area contributed by atoms with E-state index in [4.69, 9.17) is 5.11 Å². The quantitative estimate of drug-likeness (QED) is 0.748. The Kier molecular flexibility index (Phi) is 5.60. The number of nitrogens with one attached hydrogen (secondary N) is 1. The van der Waals surface area contributed by atoms with E-state index in [1.54, 1.807) is 0 Å². The summed E-state index contributed by atoms with van der Waals surface area (Å²) in [5.74, 6) is 0.752. The number of rotatable bonds is 4. The maximum Gasteiger partial charge on any atom is 0.239 e. The number of aliphatic hydroxyl groups excluding tert-OH is 1. The van der Waals surface area contributed by atoms with Gasteiger partial charge in [0.15, 0.2) is 0 Å². The van der Waals surface area contributed by atoms with E-state index in [-0.39, 0.29) is 18.6 Å². The number of amides is 1. The van der Waals surface area contributed by atoms with Gasteiger partial charge < -0.3 is 15.3 Å². The van der Waals surface area contributed by atoms with E-state index in [0.717, 1.165) is 58.5 Å². The third kappa shape index (κ3) is 3.91. The van der Waals surface area contributed by atoms with Crippen molar-refractivity contribution in [3.8, 4) is 0 Å². The molecule has 110 valence electrons. The van der Waals surface area contributed by atoms with E-state index in [0.29, 0.717) is 5.92 Å². The second-order valence-electron chi connectivity index (χ2n) is 5.77. The van der Waals surface area contributed by atoms with E-state index in [1.165, 1.54) is 0 Å². The van der Waals surface area contributed by atoms with Gasteiger partial charge in [-0.3, -0.25) is 9.69 Å². The monoisotopic (exact) mass is 269 g/mol. The molecule has 2 unspecified atom stereocenters. The van der Waals surface area contributed by atoms with Crippen LogP contribution in [0.15, 0.2) is 0 Å². The first kappa shape index (κ1) is 14.8. The molecule has 0 aromatic rings. The predicted molar refractivity (Wildman–Crippen MR) is 74.9 cm³/mol. The van der Waals surface area contributed by atoms with Crippen molar-refractivity contribution in [1.29, 1.82) is 0 Å². The molecule has 2 aliphatic heterocycles. The topological polar surface area (TPSA) is 55.8 Å². The van der Waals surface area contributed by atoms with Crippen LogP contribution in [0.1, 0.15) is 26.2 Å². The van der Waals surface area contributed by atoms with Crippen LogP contribution in [0.4, 0.5) is 0 Å². The van der Waals surface area contributed by atoms with Gasteiger partial charge in [-0.2, -0.15) is 0 Å². The fourth-order valence-electron chi connectivity index (χ4n) is 3.17. The predicted octanol–water partition coefficient (Wildman–Crippen LogP) is -0.0989. The van der Waals surface area contributed by atoms with Gasteiger partial charge in [0, 0.05) is 45.9 Å². The van der Waals surface area contributed by atoms with Crippen LogP contribution in [0.2, 0.25) is 0 Å². The molecule has 5 heteroatoms. The van der Waals surface area contributed by atoms with Gasteiger partial charge in [-0.15, -0.1) is 0 Å². The van der Waals surface area contributed by atoms with Crippen molar-refractivity contribution in [1.82, 2.24) is 15.1 Å². The van der Waals surface area contributed by atoms with Crippen molar-refractivity contribution in [2.24, 2.45) is 5.92 Å². The van der Waals surface area contributed by atoms with E-state index < -0.39 is 0 Å². The summed E-state index contributed by atoms with van der Waals surface area (Å²) < 4.78 is 0. The number of piperazine rings is 1. The Morgan fingerprint density at radius 2 is 2.11 bits per heavy atom. The van der Waals surface area contributed by atoms with Crippen molar-refractivity contribution in [3.05, 3.63) is 0 Å². The van der Waals surface area contributed by atoms with Crippen molar-refractivity contribution in [2.45, 2.75) is 32.2 Å². The summed E-state index contributed by atoms with van der Waals surface area (Å²) in [5, 5.41) is 12.4. The molecule has 2 atom stereocenters. The minimum atomic E-state index is -0.00465. The fourth-order valence-corrected chi connectivity index (χ4v) is 3.17. The normalized spacial score (nSPS) is 27.3. The fraction of sp³-hybridized carbons (Fsp3) is 0.929. The van der Waals surface area contributed by atoms with Gasteiger partial charge in [-0.25, -0.2) is 0 Å². The first-order valence-electron chi connectivity index (χ1n) is 7.56. The average molecular weight is 269 g/mol. The lowest BCUT2D eigenvalue weighted by Gasteiger charge is -2.38. The van der Waals surface area contributed by atoms with Crippen LogP contribution in [0.5, 0.6) is 0 Å². The highest BCUT2D eigenvalue weighted by Gasteiger charge is 2.29. The number of carbonyl (C=O) groups excluding carboxylic acids is 1. The molecule has 0 spiro atoms. The Morgan fingerprint density at radius 3 is 2.79 bits per heavy atom. The SMILES string of the molecule is CC(C(=O)N1CCCC(CCO)C1)N1CCNCC1. The molecule has 2 aliphatic rings. The summed E-state index contributed by atoms with van der Waals surface area (Å²) in [6, 6.07) is -0.00465. The highest BCUT2D eigenvalue weighted by atomic mass is 16.3. The lowest BCUT2D eigenvalue weighted by molar-refractivity contribution is -0.138. The number of likely N-dealkylation sites (tertiary alicyclic amines) is 1. The second-order valence-corrected chi connectivity index (χ2v) is 5.77. The summed E-state index contributed by atoms with van der Waals surface area (Å²) in [5.41, 5.74) is 0. The Labute approximate surface area is 115 Å². The molecule has 0 aliphatic carbocycles. The molecule has 0 radical (unpaired) electrons. The third-order valence-corrected chi connectivity index (χ3v) is 4.42. The van der Waals surface area contributed by atoms with Crippen LogP contribution in [0, 0.1) is 5.92 Å². The Hall–Kier alpha value is -0.650. The maximum absolute atomic E-state index is 12.5. The van der Waals surface area contributed by atoms with Gasteiger partial charge in [0.2, 0.25) is 5.91 Å². The zero-order chi connectivity index (χ0) is 13.7. The minimum Gasteiger partial charge on any atom is -0.396 e. The summed E-state index contributed by atoms with van der Waals surface area (Å²) in [7, 11) is 0. The highest BCUT2D eigenvalue weighted by Crippen LogP contribution is 2.20. The molecule has 2 heterocycles. The first-order valence-corrected chi connectivity index (χ1v) is 7.56. The number of hydrogen-bond acceptors (Lipinski definition) is 4.